The molecule has 2 rings (SSSR count). The van der Waals surface area contributed by atoms with Crippen LogP contribution in [0.5, 0.6) is 0 Å². The number of hydrogen-bond acceptors (Lipinski definition) is 0. The molecule has 0 heteroatoms. The maximum Gasteiger partial charge on any atom is 0.0284 e. The second kappa shape index (κ2) is 12.6. The molecule has 0 aliphatic rings. The minimum atomic E-state index is 0.939. The maximum absolute atomic E-state index is 3.35. The van der Waals surface area contributed by atoms with Crippen LogP contribution in [0.25, 0.3) is 0 Å². The summed E-state index contributed by atoms with van der Waals surface area (Å²) in [5, 5.41) is 0. The summed E-state index contributed by atoms with van der Waals surface area (Å²) >= 11 is 0. The van der Waals surface area contributed by atoms with E-state index in [4.69, 9.17) is 0 Å². The van der Waals surface area contributed by atoms with Gasteiger partial charge in [-0.3, -0.25) is 0 Å². The molecule has 150 valence electrons. The molecule has 0 fully saturated rings. The summed E-state index contributed by atoms with van der Waals surface area (Å²) in [5.74, 6) is 6.62. The lowest BCUT2D eigenvalue weighted by atomic mass is 10.0. The molecule has 0 unspecified atom stereocenters. The molecular weight excluding hydrogens is 348 g/mol. The van der Waals surface area contributed by atoms with E-state index >= 15 is 0 Å². The third kappa shape index (κ3) is 9.31. The molecule has 0 aliphatic carbocycles. The van der Waals surface area contributed by atoms with Gasteiger partial charge >= 0.3 is 0 Å². The predicted octanol–water partition coefficient (Wildman–Crippen LogP) is 8.05. The van der Waals surface area contributed by atoms with Crippen molar-refractivity contribution >= 4 is 0 Å². The highest BCUT2D eigenvalue weighted by Crippen LogP contribution is 2.14. The summed E-state index contributed by atoms with van der Waals surface area (Å²) in [7, 11) is 0. The van der Waals surface area contributed by atoms with E-state index in [2.05, 4.69) is 94.2 Å². The van der Waals surface area contributed by atoms with Crippen molar-refractivity contribution in [2.45, 2.75) is 59.8 Å². The van der Waals surface area contributed by atoms with Crippen LogP contribution in [-0.2, 0) is 6.42 Å². The van der Waals surface area contributed by atoms with Gasteiger partial charge in [-0.2, -0.15) is 0 Å². The number of benzene rings is 2. The third-order valence-corrected chi connectivity index (χ3v) is 4.93. The van der Waals surface area contributed by atoms with Crippen molar-refractivity contribution in [3.05, 3.63) is 106 Å². The third-order valence-electron chi connectivity index (χ3n) is 4.93. The van der Waals surface area contributed by atoms with Crippen LogP contribution in [0.1, 0.15) is 70.1 Å². The summed E-state index contributed by atoms with van der Waals surface area (Å²) in [5.41, 5.74) is 7.83. The normalized spacial score (nSPS) is 11.6. The van der Waals surface area contributed by atoms with E-state index in [1.165, 1.54) is 28.7 Å². The largest absolute Gasteiger partial charge is 0.0856 e. The van der Waals surface area contributed by atoms with Gasteiger partial charge in [-0.1, -0.05) is 83.2 Å². The van der Waals surface area contributed by atoms with Crippen molar-refractivity contribution in [3.63, 3.8) is 0 Å². The summed E-state index contributed by atoms with van der Waals surface area (Å²) < 4.78 is 0. The Morgan fingerprint density at radius 3 is 2.03 bits per heavy atom. The lowest BCUT2D eigenvalue weighted by molar-refractivity contribution is 0.914. The van der Waals surface area contributed by atoms with Gasteiger partial charge in [-0.15, -0.1) is 0 Å². The second-order valence-corrected chi connectivity index (χ2v) is 7.94. The Labute approximate surface area is 178 Å². The second-order valence-electron chi connectivity index (χ2n) is 7.94. The van der Waals surface area contributed by atoms with Crippen molar-refractivity contribution in [2.75, 3.05) is 0 Å². The van der Waals surface area contributed by atoms with E-state index in [0.29, 0.717) is 0 Å². The SMILES string of the molecule is CC(C)=CCCC(C)=CCCC(C)=CCc1ccccc1C#Cc1ccccc1. The zero-order valence-electron chi connectivity index (χ0n) is 18.5. The molecule has 2 aromatic rings. The van der Waals surface area contributed by atoms with Crippen LogP contribution in [0.15, 0.2) is 89.5 Å². The molecule has 0 radical (unpaired) electrons. The monoisotopic (exact) mass is 382 g/mol. The molecule has 0 saturated heterocycles. The first kappa shape index (κ1) is 22.5. The standard InChI is InChI=1S/C29H34/c1-24(2)12-10-13-25(3)14-11-15-26(4)20-22-28-18-8-9-19-29(28)23-21-27-16-6-5-7-17-27/h5-9,12,14,16-20H,10-11,13,15,22H2,1-4H3. The smallest absolute Gasteiger partial charge is 0.0284 e. The lowest BCUT2D eigenvalue weighted by Gasteiger charge is -2.04. The number of rotatable bonds is 8. The summed E-state index contributed by atoms with van der Waals surface area (Å²) in [6.07, 6.45) is 12.6. The Balaban J connectivity index is 1.91. The molecule has 0 saturated carbocycles. The number of allylic oxidation sites excluding steroid dienone is 6. The first-order valence-corrected chi connectivity index (χ1v) is 10.6. The minimum Gasteiger partial charge on any atom is -0.0856 e. The average Bonchev–Trinajstić information content (AvgIpc) is 2.72. The van der Waals surface area contributed by atoms with Crippen LogP contribution in [0.4, 0.5) is 0 Å². The van der Waals surface area contributed by atoms with Crippen LogP contribution < -0.4 is 0 Å². The predicted molar refractivity (Wildman–Crippen MR) is 128 cm³/mol. The van der Waals surface area contributed by atoms with Crippen LogP contribution in [0, 0.1) is 11.8 Å². The molecule has 0 atom stereocenters. The summed E-state index contributed by atoms with van der Waals surface area (Å²) in [6, 6.07) is 18.7. The number of hydrogen-bond donors (Lipinski definition) is 0. The molecule has 0 amide bonds. The molecule has 0 bridgehead atoms. The van der Waals surface area contributed by atoms with Crippen LogP contribution >= 0.6 is 0 Å². The first-order valence-electron chi connectivity index (χ1n) is 10.6. The van der Waals surface area contributed by atoms with Gasteiger partial charge < -0.3 is 0 Å². The van der Waals surface area contributed by atoms with Gasteiger partial charge in [0.15, 0.2) is 0 Å². The van der Waals surface area contributed by atoms with Gasteiger partial charge in [-0.05, 0) is 83.6 Å². The first-order chi connectivity index (χ1) is 14.0. The summed E-state index contributed by atoms with van der Waals surface area (Å²) in [4.78, 5) is 0. The van der Waals surface area contributed by atoms with Gasteiger partial charge in [0.2, 0.25) is 0 Å². The highest BCUT2D eigenvalue weighted by atomic mass is 14.0. The Kier molecular flexibility index (Phi) is 9.81. The summed E-state index contributed by atoms with van der Waals surface area (Å²) in [6.45, 7) is 8.82. The molecular formula is C29H34. The maximum atomic E-state index is 3.35. The topological polar surface area (TPSA) is 0 Å². The Bertz CT molecular complexity index is 907. The fraction of sp³-hybridized carbons (Fsp3) is 0.310. The van der Waals surface area contributed by atoms with E-state index < -0.39 is 0 Å². The van der Waals surface area contributed by atoms with Gasteiger partial charge in [0.1, 0.15) is 0 Å². The average molecular weight is 383 g/mol. The highest BCUT2D eigenvalue weighted by Gasteiger charge is 1.98. The fourth-order valence-electron chi connectivity index (χ4n) is 3.10. The van der Waals surface area contributed by atoms with E-state index in [1.807, 2.05) is 18.2 Å². The van der Waals surface area contributed by atoms with Crippen LogP contribution in [-0.4, -0.2) is 0 Å². The van der Waals surface area contributed by atoms with Gasteiger partial charge in [0.05, 0.1) is 0 Å². The molecule has 2 aromatic carbocycles. The highest BCUT2D eigenvalue weighted by molar-refractivity contribution is 5.47. The van der Waals surface area contributed by atoms with E-state index in [-0.39, 0.29) is 0 Å². The zero-order chi connectivity index (χ0) is 20.9. The zero-order valence-corrected chi connectivity index (χ0v) is 18.5. The van der Waals surface area contributed by atoms with Gasteiger partial charge in [0, 0.05) is 11.1 Å². The molecule has 0 spiro atoms. The van der Waals surface area contributed by atoms with Gasteiger partial charge in [-0.25, -0.2) is 0 Å². The molecule has 0 nitrogen and oxygen atoms in total. The van der Waals surface area contributed by atoms with Crippen LogP contribution in [0.2, 0.25) is 0 Å². The van der Waals surface area contributed by atoms with E-state index in [9.17, 15) is 0 Å². The Morgan fingerprint density at radius 2 is 1.31 bits per heavy atom. The van der Waals surface area contributed by atoms with Crippen molar-refractivity contribution in [1.82, 2.24) is 0 Å². The fourth-order valence-corrected chi connectivity index (χ4v) is 3.10. The van der Waals surface area contributed by atoms with E-state index in [1.54, 1.807) is 0 Å². The molecule has 0 aromatic heterocycles. The molecule has 29 heavy (non-hydrogen) atoms. The van der Waals surface area contributed by atoms with Crippen molar-refractivity contribution in [3.8, 4) is 11.8 Å². The van der Waals surface area contributed by atoms with Crippen LogP contribution in [0.3, 0.4) is 0 Å². The lowest BCUT2D eigenvalue weighted by Crippen LogP contribution is -1.89. The minimum absolute atomic E-state index is 0.939. The molecule has 0 heterocycles. The Hall–Kier alpha value is -2.78. The molecule has 0 aliphatic heterocycles. The van der Waals surface area contributed by atoms with Crippen molar-refractivity contribution < 1.29 is 0 Å². The Morgan fingerprint density at radius 1 is 0.690 bits per heavy atom. The molecule has 0 N–H and O–H groups in total. The quantitative estimate of drug-likeness (QED) is 0.320. The van der Waals surface area contributed by atoms with Gasteiger partial charge in [0.25, 0.3) is 0 Å². The van der Waals surface area contributed by atoms with Crippen molar-refractivity contribution in [1.29, 1.82) is 0 Å². The van der Waals surface area contributed by atoms with Crippen molar-refractivity contribution in [2.24, 2.45) is 0 Å². The van der Waals surface area contributed by atoms with E-state index in [0.717, 1.165) is 36.8 Å².